The van der Waals surface area contributed by atoms with E-state index in [9.17, 15) is 14.4 Å². The second-order valence-corrected chi connectivity index (χ2v) is 5.84. The summed E-state index contributed by atoms with van der Waals surface area (Å²) < 4.78 is 9.17. The quantitative estimate of drug-likeness (QED) is 0.581. The molecule has 1 aliphatic rings. The lowest BCUT2D eigenvalue weighted by Crippen LogP contribution is -2.36. The number of piperidine rings is 1. The summed E-state index contributed by atoms with van der Waals surface area (Å²) in [7, 11) is 2.44. The zero-order valence-corrected chi connectivity index (χ0v) is 14.7. The van der Waals surface area contributed by atoms with E-state index in [0.29, 0.717) is 31.6 Å². The topological polar surface area (TPSA) is 105 Å². The van der Waals surface area contributed by atoms with Crippen LogP contribution in [0.3, 0.4) is 0 Å². The van der Waals surface area contributed by atoms with Gasteiger partial charge in [0.25, 0.3) is 0 Å². The zero-order valence-electron chi connectivity index (χ0n) is 14.7. The third-order valence-electron chi connectivity index (χ3n) is 4.22. The van der Waals surface area contributed by atoms with E-state index in [4.69, 9.17) is 5.11 Å². The summed E-state index contributed by atoms with van der Waals surface area (Å²) in [5.74, 6) is -2.37. The maximum Gasteiger partial charge on any atom is 0.354 e. The number of methoxy groups -OCH3 is 2. The Morgan fingerprint density at radius 1 is 1.12 bits per heavy atom. The van der Waals surface area contributed by atoms with Crippen LogP contribution in [-0.4, -0.2) is 50.3 Å². The maximum absolute atomic E-state index is 11.8. The van der Waals surface area contributed by atoms with Gasteiger partial charge >= 0.3 is 17.9 Å². The largest absolute Gasteiger partial charge is 0.481 e. The summed E-state index contributed by atoms with van der Waals surface area (Å²) in [6, 6.07) is 7.28. The molecule has 0 aromatic heterocycles. The number of nitrogens with zero attached hydrogens (tertiary/aromatic N) is 1. The Morgan fingerprint density at radius 3 is 2.23 bits per heavy atom. The van der Waals surface area contributed by atoms with Crippen molar-refractivity contribution in [1.82, 2.24) is 0 Å². The summed E-state index contributed by atoms with van der Waals surface area (Å²) in [5, 5.41) is 11.9. The second kappa shape index (κ2) is 8.89. The fraction of sp³-hybridized carbons (Fsp3) is 0.389. The molecule has 2 rings (SSSR count). The minimum atomic E-state index is -0.739. The van der Waals surface area contributed by atoms with Gasteiger partial charge in [-0.3, -0.25) is 4.79 Å². The second-order valence-electron chi connectivity index (χ2n) is 5.84. The normalized spacial score (nSPS) is 15.3. The third-order valence-corrected chi connectivity index (χ3v) is 4.22. The molecule has 1 aromatic carbocycles. The van der Waals surface area contributed by atoms with Crippen LogP contribution in [0.2, 0.25) is 0 Å². The smallest absolute Gasteiger partial charge is 0.354 e. The number of rotatable bonds is 6. The van der Waals surface area contributed by atoms with E-state index in [2.05, 4.69) is 19.7 Å². The molecule has 0 unspecified atom stereocenters. The van der Waals surface area contributed by atoms with Crippen molar-refractivity contribution in [3.8, 4) is 0 Å². The number of carbonyl (C=O) groups is 3. The number of carboxylic acid groups (broad SMARTS) is 1. The molecule has 1 aliphatic heterocycles. The summed E-state index contributed by atoms with van der Waals surface area (Å²) in [6.45, 7) is 1.36. The number of carbonyl (C=O) groups excluding carboxylic acids is 2. The molecule has 0 atom stereocenters. The molecule has 0 bridgehead atoms. The van der Waals surface area contributed by atoms with Gasteiger partial charge in [-0.25, -0.2) is 9.59 Å². The van der Waals surface area contributed by atoms with Crippen LogP contribution < -0.4 is 10.2 Å². The number of benzene rings is 1. The highest BCUT2D eigenvalue weighted by atomic mass is 16.5. The van der Waals surface area contributed by atoms with Crippen molar-refractivity contribution in [2.75, 3.05) is 37.5 Å². The van der Waals surface area contributed by atoms with Crippen LogP contribution in [0.25, 0.3) is 0 Å². The van der Waals surface area contributed by atoms with Crippen molar-refractivity contribution in [3.05, 3.63) is 36.0 Å². The van der Waals surface area contributed by atoms with E-state index in [1.165, 1.54) is 14.2 Å². The van der Waals surface area contributed by atoms with Crippen molar-refractivity contribution in [2.24, 2.45) is 5.92 Å². The van der Waals surface area contributed by atoms with Crippen molar-refractivity contribution in [1.29, 1.82) is 0 Å². The van der Waals surface area contributed by atoms with E-state index in [-0.39, 0.29) is 11.6 Å². The molecule has 1 saturated heterocycles. The van der Waals surface area contributed by atoms with Gasteiger partial charge in [0.05, 0.1) is 26.2 Å². The highest BCUT2D eigenvalue weighted by Gasteiger charge is 2.24. The van der Waals surface area contributed by atoms with Crippen LogP contribution in [0.5, 0.6) is 0 Å². The van der Waals surface area contributed by atoms with Gasteiger partial charge in [0.1, 0.15) is 5.70 Å². The Bertz CT molecular complexity index is 690. The van der Waals surface area contributed by atoms with E-state index in [0.717, 1.165) is 11.8 Å². The lowest BCUT2D eigenvalue weighted by molar-refractivity contribution is -0.142. The first-order valence-electron chi connectivity index (χ1n) is 8.17. The van der Waals surface area contributed by atoms with Crippen molar-refractivity contribution >= 4 is 29.3 Å². The number of anilines is 2. The number of carboxylic acids is 1. The molecular weight excluding hydrogens is 340 g/mol. The highest BCUT2D eigenvalue weighted by molar-refractivity contribution is 5.98. The molecule has 8 heteroatoms. The van der Waals surface area contributed by atoms with Gasteiger partial charge < -0.3 is 24.8 Å². The predicted molar refractivity (Wildman–Crippen MR) is 94.8 cm³/mol. The lowest BCUT2D eigenvalue weighted by atomic mass is 9.97. The van der Waals surface area contributed by atoms with Gasteiger partial charge in [-0.05, 0) is 37.1 Å². The summed E-state index contributed by atoms with van der Waals surface area (Å²) in [4.78, 5) is 36.3. The SMILES string of the molecule is COC(=O)/C=C(/Nc1ccc(N2CCC(C(=O)O)CC2)cc1)C(=O)OC. The van der Waals surface area contributed by atoms with E-state index in [1.807, 2.05) is 12.1 Å². The minimum absolute atomic E-state index is 0.0330. The van der Waals surface area contributed by atoms with Gasteiger partial charge in [0.15, 0.2) is 0 Å². The van der Waals surface area contributed by atoms with Crippen LogP contribution in [-0.2, 0) is 23.9 Å². The molecule has 1 heterocycles. The molecule has 0 radical (unpaired) electrons. The number of aliphatic carboxylic acids is 1. The van der Waals surface area contributed by atoms with Crippen molar-refractivity contribution < 1.29 is 29.0 Å². The van der Waals surface area contributed by atoms with Crippen LogP contribution in [0.15, 0.2) is 36.0 Å². The van der Waals surface area contributed by atoms with Gasteiger partial charge in [-0.2, -0.15) is 0 Å². The Hall–Kier alpha value is -3.03. The van der Waals surface area contributed by atoms with E-state index < -0.39 is 17.9 Å². The van der Waals surface area contributed by atoms with E-state index >= 15 is 0 Å². The molecule has 0 saturated carbocycles. The molecule has 140 valence electrons. The maximum atomic E-state index is 11.8. The molecule has 1 fully saturated rings. The predicted octanol–water partition coefficient (Wildman–Crippen LogP) is 1.63. The molecule has 8 nitrogen and oxygen atoms in total. The summed E-state index contributed by atoms with van der Waals surface area (Å²) >= 11 is 0. The number of esters is 2. The average molecular weight is 362 g/mol. The molecule has 2 N–H and O–H groups in total. The number of hydrogen-bond donors (Lipinski definition) is 2. The van der Waals surface area contributed by atoms with Gasteiger partial charge in [-0.1, -0.05) is 0 Å². The van der Waals surface area contributed by atoms with Crippen LogP contribution in [0.1, 0.15) is 12.8 Å². The molecule has 0 spiro atoms. The minimum Gasteiger partial charge on any atom is -0.481 e. The molecule has 26 heavy (non-hydrogen) atoms. The first kappa shape index (κ1) is 19.3. The van der Waals surface area contributed by atoms with Gasteiger partial charge in [-0.15, -0.1) is 0 Å². The first-order valence-corrected chi connectivity index (χ1v) is 8.17. The van der Waals surface area contributed by atoms with Crippen LogP contribution in [0, 0.1) is 5.92 Å². The molecular formula is C18H22N2O6. The van der Waals surface area contributed by atoms with Gasteiger partial charge in [0.2, 0.25) is 0 Å². The molecule has 1 aromatic rings. The van der Waals surface area contributed by atoms with Crippen LogP contribution in [0.4, 0.5) is 11.4 Å². The number of hydrogen-bond acceptors (Lipinski definition) is 7. The number of nitrogens with one attached hydrogen (secondary N) is 1. The molecule has 0 amide bonds. The zero-order chi connectivity index (χ0) is 19.1. The summed E-state index contributed by atoms with van der Waals surface area (Å²) in [5.41, 5.74) is 1.54. The fourth-order valence-corrected chi connectivity index (χ4v) is 2.73. The Balaban J connectivity index is 2.04. The van der Waals surface area contributed by atoms with Crippen molar-refractivity contribution in [2.45, 2.75) is 12.8 Å². The first-order chi connectivity index (χ1) is 12.4. The fourth-order valence-electron chi connectivity index (χ4n) is 2.73. The Labute approximate surface area is 151 Å². The van der Waals surface area contributed by atoms with Gasteiger partial charge in [0, 0.05) is 24.5 Å². The van der Waals surface area contributed by atoms with Crippen LogP contribution >= 0.6 is 0 Å². The third kappa shape index (κ3) is 4.98. The standard InChI is InChI=1S/C18H22N2O6/c1-25-16(21)11-15(18(24)26-2)19-13-3-5-14(6-4-13)20-9-7-12(8-10-20)17(22)23/h3-6,11-12,19H,7-10H2,1-2H3,(H,22,23)/b15-11+. The Morgan fingerprint density at radius 2 is 1.73 bits per heavy atom. The number of ether oxygens (including phenoxy) is 2. The monoisotopic (exact) mass is 362 g/mol. The lowest BCUT2D eigenvalue weighted by Gasteiger charge is -2.32. The highest BCUT2D eigenvalue weighted by Crippen LogP contribution is 2.25. The Kier molecular flexibility index (Phi) is 6.60. The molecule has 0 aliphatic carbocycles. The summed E-state index contributed by atoms with van der Waals surface area (Å²) in [6.07, 6.45) is 2.25. The van der Waals surface area contributed by atoms with Crippen molar-refractivity contribution in [3.63, 3.8) is 0 Å². The average Bonchev–Trinajstić information content (AvgIpc) is 2.67. The van der Waals surface area contributed by atoms with E-state index in [1.54, 1.807) is 12.1 Å².